The zero-order chi connectivity index (χ0) is 16.9. The molecule has 1 amide bonds. The Hall–Kier alpha value is -2.04. The van der Waals surface area contributed by atoms with Crippen molar-refractivity contribution in [3.63, 3.8) is 0 Å². The highest BCUT2D eigenvalue weighted by Crippen LogP contribution is 2.35. The van der Waals surface area contributed by atoms with Crippen LogP contribution in [0.4, 0.5) is 5.69 Å². The van der Waals surface area contributed by atoms with Crippen molar-refractivity contribution in [2.45, 2.75) is 25.4 Å². The maximum absolute atomic E-state index is 12.5. The van der Waals surface area contributed by atoms with Crippen LogP contribution in [0.15, 0.2) is 48.5 Å². The van der Waals surface area contributed by atoms with E-state index in [2.05, 4.69) is 0 Å². The van der Waals surface area contributed by atoms with Crippen molar-refractivity contribution in [2.75, 3.05) is 18.1 Å². The zero-order valence-corrected chi connectivity index (χ0v) is 14.1. The summed E-state index contributed by atoms with van der Waals surface area (Å²) in [5.41, 5.74) is 1.48. The fourth-order valence-electron chi connectivity index (χ4n) is 2.89. The lowest BCUT2D eigenvalue weighted by Crippen LogP contribution is -2.36. The number of fused-ring (bicyclic) bond motifs is 1. The maximum Gasteiger partial charge on any atom is 0.227 e. The number of carbonyl (C=O) groups is 1. The molecule has 0 aromatic heterocycles. The number of benzene rings is 2. The van der Waals surface area contributed by atoms with E-state index in [1.807, 2.05) is 30.3 Å². The Bertz CT molecular complexity index is 705. The molecule has 4 nitrogen and oxygen atoms in total. The van der Waals surface area contributed by atoms with Gasteiger partial charge in [-0.05, 0) is 43.2 Å². The second-order valence-electron chi connectivity index (χ2n) is 5.82. The van der Waals surface area contributed by atoms with Crippen molar-refractivity contribution < 1.29 is 14.6 Å². The molecule has 5 heteroatoms. The first-order valence-corrected chi connectivity index (χ1v) is 8.48. The number of hydrogen-bond donors (Lipinski definition) is 1. The van der Waals surface area contributed by atoms with Crippen LogP contribution in [0.2, 0.25) is 5.02 Å². The second kappa shape index (κ2) is 7.69. The summed E-state index contributed by atoms with van der Waals surface area (Å²) in [6, 6.07) is 14.9. The van der Waals surface area contributed by atoms with E-state index in [1.54, 1.807) is 23.1 Å². The van der Waals surface area contributed by atoms with Gasteiger partial charge in [0.25, 0.3) is 0 Å². The molecule has 0 spiro atoms. The Morgan fingerprint density at radius 1 is 1.25 bits per heavy atom. The van der Waals surface area contributed by atoms with Gasteiger partial charge < -0.3 is 14.7 Å². The molecular formula is C19H20ClNO3. The Morgan fingerprint density at radius 3 is 2.83 bits per heavy atom. The van der Waals surface area contributed by atoms with Crippen molar-refractivity contribution in [2.24, 2.45) is 0 Å². The Balaban J connectivity index is 1.57. The summed E-state index contributed by atoms with van der Waals surface area (Å²) < 4.78 is 5.62. The number of hydrogen-bond acceptors (Lipinski definition) is 3. The number of rotatable bonds is 5. The quantitative estimate of drug-likeness (QED) is 0.834. The van der Waals surface area contributed by atoms with Gasteiger partial charge in [0.05, 0.1) is 12.7 Å². The smallest absolute Gasteiger partial charge is 0.227 e. The van der Waals surface area contributed by atoms with E-state index in [1.165, 1.54) is 0 Å². The number of halogens is 1. The third-order valence-electron chi connectivity index (χ3n) is 4.11. The van der Waals surface area contributed by atoms with Crippen LogP contribution < -0.4 is 9.64 Å². The van der Waals surface area contributed by atoms with Crippen LogP contribution in [0.5, 0.6) is 5.75 Å². The van der Waals surface area contributed by atoms with Crippen molar-refractivity contribution in [1.82, 2.24) is 0 Å². The van der Waals surface area contributed by atoms with Gasteiger partial charge in [-0.1, -0.05) is 29.8 Å². The molecular weight excluding hydrogens is 326 g/mol. The van der Waals surface area contributed by atoms with Gasteiger partial charge in [-0.3, -0.25) is 4.79 Å². The largest absolute Gasteiger partial charge is 0.494 e. The summed E-state index contributed by atoms with van der Waals surface area (Å²) in [4.78, 5) is 14.3. The molecule has 1 aliphatic rings. The predicted octanol–water partition coefficient (Wildman–Crippen LogP) is 3.97. The zero-order valence-electron chi connectivity index (χ0n) is 13.3. The van der Waals surface area contributed by atoms with E-state index < -0.39 is 6.10 Å². The molecule has 0 fully saturated rings. The van der Waals surface area contributed by atoms with Crippen LogP contribution in [0.25, 0.3) is 0 Å². The molecule has 1 atom stereocenters. The van der Waals surface area contributed by atoms with E-state index in [0.29, 0.717) is 37.4 Å². The first-order valence-electron chi connectivity index (χ1n) is 8.11. The number of amides is 1. The number of nitrogens with zero attached hydrogens (tertiary/aromatic N) is 1. The van der Waals surface area contributed by atoms with Gasteiger partial charge in [0.1, 0.15) is 5.75 Å². The van der Waals surface area contributed by atoms with Gasteiger partial charge >= 0.3 is 0 Å². The van der Waals surface area contributed by atoms with Crippen LogP contribution >= 0.6 is 11.6 Å². The van der Waals surface area contributed by atoms with Gasteiger partial charge in [-0.25, -0.2) is 0 Å². The van der Waals surface area contributed by atoms with Crippen LogP contribution in [-0.2, 0) is 4.79 Å². The second-order valence-corrected chi connectivity index (χ2v) is 6.25. The summed E-state index contributed by atoms with van der Waals surface area (Å²) in [6.45, 7) is 1.02. The fourth-order valence-corrected chi connectivity index (χ4v) is 3.07. The minimum Gasteiger partial charge on any atom is -0.494 e. The highest BCUT2D eigenvalue weighted by atomic mass is 35.5. The minimum absolute atomic E-state index is 0.0436. The summed E-state index contributed by atoms with van der Waals surface area (Å²) >= 11 is 6.00. The molecule has 2 aromatic rings. The SMILES string of the molecule is O=C(CCCOc1ccccc1)N1CCC(O)c2cc(Cl)ccc21. The van der Waals surface area contributed by atoms with Crippen LogP contribution in [0.1, 0.15) is 30.9 Å². The topological polar surface area (TPSA) is 49.8 Å². The lowest BCUT2D eigenvalue weighted by molar-refractivity contribution is -0.119. The van der Waals surface area contributed by atoms with Crippen molar-refractivity contribution >= 4 is 23.2 Å². The molecule has 1 heterocycles. The minimum atomic E-state index is -0.566. The molecule has 24 heavy (non-hydrogen) atoms. The number of carbonyl (C=O) groups excluding carboxylic acids is 1. The summed E-state index contributed by atoms with van der Waals surface area (Å²) in [6.07, 6.45) is 1.02. The van der Waals surface area contributed by atoms with Gasteiger partial charge in [0.15, 0.2) is 0 Å². The summed E-state index contributed by atoms with van der Waals surface area (Å²) in [7, 11) is 0. The van der Waals surface area contributed by atoms with E-state index >= 15 is 0 Å². The predicted molar refractivity (Wildman–Crippen MR) is 94.6 cm³/mol. The number of para-hydroxylation sites is 1. The Labute approximate surface area is 146 Å². The Morgan fingerprint density at radius 2 is 2.04 bits per heavy atom. The van der Waals surface area contributed by atoms with Gasteiger partial charge in [-0.2, -0.15) is 0 Å². The van der Waals surface area contributed by atoms with E-state index in [0.717, 1.165) is 17.0 Å². The number of anilines is 1. The van der Waals surface area contributed by atoms with E-state index in [9.17, 15) is 9.90 Å². The highest BCUT2D eigenvalue weighted by Gasteiger charge is 2.27. The summed E-state index contributed by atoms with van der Waals surface area (Å²) in [5.74, 6) is 0.855. The lowest BCUT2D eigenvalue weighted by atomic mass is 9.98. The van der Waals surface area contributed by atoms with E-state index in [4.69, 9.17) is 16.3 Å². The number of aliphatic hydroxyl groups excluding tert-OH is 1. The molecule has 1 N–H and O–H groups in total. The molecule has 3 rings (SSSR count). The fraction of sp³-hybridized carbons (Fsp3) is 0.316. The molecule has 0 aliphatic carbocycles. The normalized spacial score (nSPS) is 16.6. The standard InChI is InChI=1S/C19H20ClNO3/c20-14-8-9-17-16(13-14)18(22)10-11-21(17)19(23)7-4-12-24-15-5-2-1-3-6-15/h1-3,5-6,8-9,13,18,22H,4,7,10-12H2. The first kappa shape index (κ1) is 16.8. The molecule has 1 aliphatic heterocycles. The van der Waals surface area contributed by atoms with Gasteiger partial charge in [0.2, 0.25) is 5.91 Å². The molecule has 126 valence electrons. The van der Waals surface area contributed by atoms with Crippen molar-refractivity contribution in [3.05, 3.63) is 59.1 Å². The molecule has 0 saturated carbocycles. The third kappa shape index (κ3) is 3.89. The third-order valence-corrected chi connectivity index (χ3v) is 4.35. The van der Waals surface area contributed by atoms with Gasteiger partial charge in [-0.15, -0.1) is 0 Å². The summed E-state index contributed by atoms with van der Waals surface area (Å²) in [5, 5.41) is 10.7. The van der Waals surface area contributed by atoms with Crippen LogP contribution in [0, 0.1) is 0 Å². The van der Waals surface area contributed by atoms with E-state index in [-0.39, 0.29) is 5.91 Å². The molecule has 2 aromatic carbocycles. The van der Waals surface area contributed by atoms with Crippen LogP contribution in [-0.4, -0.2) is 24.2 Å². The van der Waals surface area contributed by atoms with Crippen molar-refractivity contribution in [3.8, 4) is 5.75 Å². The van der Waals surface area contributed by atoms with Gasteiger partial charge in [0, 0.05) is 29.2 Å². The first-order chi connectivity index (χ1) is 11.6. The Kier molecular flexibility index (Phi) is 5.38. The number of aliphatic hydroxyl groups is 1. The molecule has 0 bridgehead atoms. The molecule has 1 unspecified atom stereocenters. The molecule has 0 saturated heterocycles. The lowest BCUT2D eigenvalue weighted by Gasteiger charge is -2.32. The number of ether oxygens (including phenoxy) is 1. The average Bonchev–Trinajstić information content (AvgIpc) is 2.60. The van der Waals surface area contributed by atoms with Crippen LogP contribution in [0.3, 0.4) is 0 Å². The van der Waals surface area contributed by atoms with Crippen molar-refractivity contribution in [1.29, 1.82) is 0 Å². The molecule has 0 radical (unpaired) electrons. The highest BCUT2D eigenvalue weighted by molar-refractivity contribution is 6.30. The average molecular weight is 346 g/mol. The maximum atomic E-state index is 12.5. The monoisotopic (exact) mass is 345 g/mol.